The fourth-order valence-corrected chi connectivity index (χ4v) is 2.25. The van der Waals surface area contributed by atoms with Crippen LogP contribution in [-0.2, 0) is 10.0 Å². The Morgan fingerprint density at radius 3 is 2.83 bits per heavy atom. The molecule has 0 saturated heterocycles. The van der Waals surface area contributed by atoms with Gasteiger partial charge < -0.3 is 10.5 Å². The number of hydrogen-bond acceptors (Lipinski definition) is 4. The first-order valence-corrected chi connectivity index (χ1v) is 7.64. The molecule has 0 radical (unpaired) electrons. The maximum atomic E-state index is 11.5. The summed E-state index contributed by atoms with van der Waals surface area (Å²) in [4.78, 5) is 0. The highest BCUT2D eigenvalue weighted by atomic mass is 32.2. The van der Waals surface area contributed by atoms with Gasteiger partial charge in [0, 0.05) is 18.3 Å². The maximum Gasteiger partial charge on any atom is 0.214 e. The van der Waals surface area contributed by atoms with Crippen molar-refractivity contribution in [2.45, 2.75) is 19.8 Å². The van der Waals surface area contributed by atoms with Crippen molar-refractivity contribution in [3.05, 3.63) is 24.3 Å². The zero-order valence-electron chi connectivity index (χ0n) is 10.6. The fraction of sp³-hybridized carbons (Fsp3) is 0.500. The van der Waals surface area contributed by atoms with Crippen molar-refractivity contribution in [1.82, 2.24) is 4.72 Å². The first kappa shape index (κ1) is 14.8. The summed E-state index contributed by atoms with van der Waals surface area (Å²) in [6, 6.07) is 6.92. The first-order valence-electron chi connectivity index (χ1n) is 5.99. The zero-order valence-corrected chi connectivity index (χ0v) is 11.4. The summed E-state index contributed by atoms with van der Waals surface area (Å²) < 4.78 is 30.9. The van der Waals surface area contributed by atoms with Crippen LogP contribution in [0.4, 0.5) is 5.69 Å². The summed E-state index contributed by atoms with van der Waals surface area (Å²) in [6.07, 6.45) is 1.80. The van der Waals surface area contributed by atoms with Gasteiger partial charge in [-0.05, 0) is 18.6 Å². The summed E-state index contributed by atoms with van der Waals surface area (Å²) in [5.41, 5.74) is 6.18. The molecule has 0 saturated carbocycles. The predicted molar refractivity (Wildman–Crippen MR) is 73.0 cm³/mol. The van der Waals surface area contributed by atoms with Gasteiger partial charge >= 0.3 is 0 Å². The number of nitrogen functional groups attached to an aromatic ring is 1. The van der Waals surface area contributed by atoms with Gasteiger partial charge in [0.15, 0.2) is 0 Å². The minimum atomic E-state index is -3.24. The average molecular weight is 272 g/mol. The summed E-state index contributed by atoms with van der Waals surface area (Å²) in [7, 11) is -3.24. The number of anilines is 1. The van der Waals surface area contributed by atoms with E-state index in [2.05, 4.69) is 4.72 Å². The Balaban J connectivity index is 2.32. The van der Waals surface area contributed by atoms with Crippen LogP contribution < -0.4 is 15.2 Å². The molecular weight excluding hydrogens is 252 g/mol. The van der Waals surface area contributed by atoms with Gasteiger partial charge in [0.25, 0.3) is 0 Å². The molecule has 0 atom stereocenters. The number of nitrogens with one attached hydrogen (secondary N) is 1. The highest BCUT2D eigenvalue weighted by Crippen LogP contribution is 2.14. The van der Waals surface area contributed by atoms with Crippen molar-refractivity contribution in [2.75, 3.05) is 24.6 Å². The summed E-state index contributed by atoms with van der Waals surface area (Å²) in [5.74, 6) is 0.532. The van der Waals surface area contributed by atoms with Crippen LogP contribution in [0.1, 0.15) is 19.8 Å². The largest absolute Gasteiger partial charge is 0.492 e. The molecule has 102 valence electrons. The van der Waals surface area contributed by atoms with Crippen molar-refractivity contribution in [3.8, 4) is 5.75 Å². The van der Waals surface area contributed by atoms with E-state index in [1.807, 2.05) is 6.92 Å². The number of unbranched alkanes of at least 4 members (excludes halogenated alkanes) is 1. The van der Waals surface area contributed by atoms with Crippen LogP contribution in [0.25, 0.3) is 0 Å². The van der Waals surface area contributed by atoms with Crippen LogP contribution in [0.3, 0.4) is 0 Å². The number of nitrogens with two attached hydrogens (primary N) is 1. The second-order valence-corrected chi connectivity index (χ2v) is 5.91. The Hall–Kier alpha value is -1.27. The van der Waals surface area contributed by atoms with E-state index in [1.54, 1.807) is 24.3 Å². The van der Waals surface area contributed by atoms with E-state index in [1.165, 1.54) is 0 Å². The third-order valence-corrected chi connectivity index (χ3v) is 3.68. The van der Waals surface area contributed by atoms with Gasteiger partial charge in [-0.1, -0.05) is 19.4 Å². The second kappa shape index (κ2) is 7.23. The third kappa shape index (κ3) is 5.88. The molecule has 3 N–H and O–H groups in total. The summed E-state index contributed by atoms with van der Waals surface area (Å²) in [6.45, 7) is 2.61. The van der Waals surface area contributed by atoms with E-state index in [-0.39, 0.29) is 12.4 Å². The third-order valence-electron chi connectivity index (χ3n) is 2.33. The lowest BCUT2D eigenvalue weighted by atomic mass is 10.3. The molecule has 0 spiro atoms. The van der Waals surface area contributed by atoms with E-state index in [0.717, 1.165) is 12.8 Å². The number of benzene rings is 1. The lowest BCUT2D eigenvalue weighted by molar-refractivity contribution is 0.340. The van der Waals surface area contributed by atoms with Gasteiger partial charge in [-0.15, -0.1) is 0 Å². The van der Waals surface area contributed by atoms with Crippen LogP contribution in [0.2, 0.25) is 0 Å². The van der Waals surface area contributed by atoms with Crippen LogP contribution in [-0.4, -0.2) is 27.3 Å². The first-order chi connectivity index (χ1) is 8.53. The molecule has 0 aliphatic heterocycles. The van der Waals surface area contributed by atoms with Crippen LogP contribution in [0, 0.1) is 0 Å². The van der Waals surface area contributed by atoms with Crippen molar-refractivity contribution in [1.29, 1.82) is 0 Å². The molecule has 5 nitrogen and oxygen atoms in total. The molecule has 1 rings (SSSR count). The molecular formula is C12H20N2O3S. The monoisotopic (exact) mass is 272 g/mol. The zero-order chi connectivity index (χ0) is 13.4. The molecule has 0 aromatic heterocycles. The number of hydrogen-bond donors (Lipinski definition) is 2. The highest BCUT2D eigenvalue weighted by Gasteiger charge is 2.09. The van der Waals surface area contributed by atoms with Gasteiger partial charge in [0.05, 0.1) is 5.75 Å². The molecule has 6 heteroatoms. The molecule has 0 aliphatic rings. The van der Waals surface area contributed by atoms with E-state index in [4.69, 9.17) is 10.5 Å². The quantitative estimate of drug-likeness (QED) is 0.553. The Bertz CT molecular complexity index is 460. The minimum absolute atomic E-state index is 0.0501. The number of ether oxygens (including phenoxy) is 1. The molecule has 0 fully saturated rings. The average Bonchev–Trinajstić information content (AvgIpc) is 2.29. The van der Waals surface area contributed by atoms with Crippen LogP contribution in [0.15, 0.2) is 24.3 Å². The van der Waals surface area contributed by atoms with Crippen LogP contribution in [0.5, 0.6) is 5.75 Å². The SMILES string of the molecule is CCCCNS(=O)(=O)CCOc1cccc(N)c1. The van der Waals surface area contributed by atoms with Crippen molar-refractivity contribution < 1.29 is 13.2 Å². The number of sulfonamides is 1. The predicted octanol–water partition coefficient (Wildman–Crippen LogP) is 1.37. The molecule has 0 unspecified atom stereocenters. The molecule has 0 bridgehead atoms. The Morgan fingerprint density at radius 2 is 2.17 bits per heavy atom. The minimum Gasteiger partial charge on any atom is -0.492 e. The Morgan fingerprint density at radius 1 is 1.39 bits per heavy atom. The lowest BCUT2D eigenvalue weighted by Gasteiger charge is -2.08. The van der Waals surface area contributed by atoms with Crippen molar-refractivity contribution in [3.63, 3.8) is 0 Å². The van der Waals surface area contributed by atoms with Crippen molar-refractivity contribution in [2.24, 2.45) is 0 Å². The lowest BCUT2D eigenvalue weighted by Crippen LogP contribution is -2.29. The van der Waals surface area contributed by atoms with Gasteiger partial charge in [-0.3, -0.25) is 0 Å². The topological polar surface area (TPSA) is 81.4 Å². The van der Waals surface area contributed by atoms with E-state index in [9.17, 15) is 8.42 Å². The molecule has 0 heterocycles. The van der Waals surface area contributed by atoms with Crippen molar-refractivity contribution >= 4 is 15.7 Å². The molecule has 18 heavy (non-hydrogen) atoms. The Kier molecular flexibility index (Phi) is 5.94. The van der Waals surface area contributed by atoms with E-state index in [0.29, 0.717) is 18.0 Å². The molecule has 0 amide bonds. The van der Waals surface area contributed by atoms with Gasteiger partial charge in [0.1, 0.15) is 12.4 Å². The molecule has 1 aromatic carbocycles. The number of rotatable bonds is 8. The molecule has 1 aromatic rings. The van der Waals surface area contributed by atoms with Gasteiger partial charge in [-0.25, -0.2) is 13.1 Å². The maximum absolute atomic E-state index is 11.5. The highest BCUT2D eigenvalue weighted by molar-refractivity contribution is 7.89. The normalized spacial score (nSPS) is 11.4. The molecule has 0 aliphatic carbocycles. The van der Waals surface area contributed by atoms with Gasteiger partial charge in [-0.2, -0.15) is 0 Å². The second-order valence-electron chi connectivity index (χ2n) is 3.99. The van der Waals surface area contributed by atoms with E-state index < -0.39 is 10.0 Å². The van der Waals surface area contributed by atoms with Gasteiger partial charge in [0.2, 0.25) is 10.0 Å². The fourth-order valence-electron chi connectivity index (χ4n) is 1.35. The standard InChI is InChI=1S/C12H20N2O3S/c1-2-3-7-14-18(15,16)9-8-17-12-6-4-5-11(13)10-12/h4-6,10,14H,2-3,7-9,13H2,1H3. The van der Waals surface area contributed by atoms with Crippen LogP contribution >= 0.6 is 0 Å². The smallest absolute Gasteiger partial charge is 0.214 e. The Labute approximate surface area is 108 Å². The summed E-state index contributed by atoms with van der Waals surface area (Å²) >= 11 is 0. The van der Waals surface area contributed by atoms with E-state index >= 15 is 0 Å². The summed E-state index contributed by atoms with van der Waals surface area (Å²) in [5, 5.41) is 0.